The maximum absolute atomic E-state index is 11.1. The van der Waals surface area contributed by atoms with Crippen molar-refractivity contribution in [2.75, 3.05) is 5.32 Å². The molecule has 4 heteroatoms. The predicted molar refractivity (Wildman–Crippen MR) is 50.5 cm³/mol. The van der Waals surface area contributed by atoms with Crippen molar-refractivity contribution in [3.63, 3.8) is 0 Å². The van der Waals surface area contributed by atoms with Crippen molar-refractivity contribution < 1.29 is 9.21 Å². The minimum atomic E-state index is -0.303. The molecule has 1 aromatic rings. The Hall–Kier alpha value is -1.71. The van der Waals surface area contributed by atoms with E-state index in [1.54, 1.807) is 18.2 Å². The summed E-state index contributed by atoms with van der Waals surface area (Å²) in [6.45, 7) is 5.37. The lowest BCUT2D eigenvalue weighted by atomic mass is 10.3. The van der Waals surface area contributed by atoms with Crippen molar-refractivity contribution in [3.8, 4) is 0 Å². The van der Waals surface area contributed by atoms with E-state index in [0.29, 0.717) is 5.88 Å². The maximum Gasteiger partial charge on any atom is 0.322 e. The highest BCUT2D eigenvalue weighted by Gasteiger charge is 2.04. The van der Waals surface area contributed by atoms with E-state index in [0.717, 1.165) is 0 Å². The highest BCUT2D eigenvalue weighted by atomic mass is 16.3. The van der Waals surface area contributed by atoms with Gasteiger partial charge in [0.05, 0.1) is 6.26 Å². The lowest BCUT2D eigenvalue weighted by Gasteiger charge is -2.08. The van der Waals surface area contributed by atoms with E-state index >= 15 is 0 Å². The van der Waals surface area contributed by atoms with Crippen LogP contribution in [-0.4, -0.2) is 12.1 Å². The Labute approximate surface area is 76.6 Å². The van der Waals surface area contributed by atoms with Gasteiger partial charge in [-0.15, -0.1) is 6.58 Å². The summed E-state index contributed by atoms with van der Waals surface area (Å²) in [5.74, 6) is 0.425. The normalized spacial score (nSPS) is 11.8. The van der Waals surface area contributed by atoms with E-state index in [2.05, 4.69) is 17.2 Å². The highest BCUT2D eigenvalue weighted by Crippen LogP contribution is 2.05. The molecule has 0 aliphatic heterocycles. The summed E-state index contributed by atoms with van der Waals surface area (Å²) < 4.78 is 4.92. The topological polar surface area (TPSA) is 54.3 Å². The number of nitrogens with one attached hydrogen (secondary N) is 2. The molecule has 0 fully saturated rings. The Morgan fingerprint density at radius 1 is 1.77 bits per heavy atom. The van der Waals surface area contributed by atoms with Crippen LogP contribution in [0.5, 0.6) is 0 Å². The van der Waals surface area contributed by atoms with Crippen LogP contribution in [0.1, 0.15) is 6.92 Å². The molecule has 0 saturated carbocycles. The molecule has 0 radical (unpaired) electrons. The second-order valence-corrected chi connectivity index (χ2v) is 2.60. The number of amides is 2. The van der Waals surface area contributed by atoms with Gasteiger partial charge in [0.2, 0.25) is 5.88 Å². The first kappa shape index (κ1) is 9.38. The molecule has 1 aromatic heterocycles. The number of furan rings is 1. The zero-order valence-electron chi connectivity index (χ0n) is 7.41. The minimum absolute atomic E-state index is 0.0602. The van der Waals surface area contributed by atoms with Gasteiger partial charge < -0.3 is 9.73 Å². The second kappa shape index (κ2) is 4.35. The number of urea groups is 1. The van der Waals surface area contributed by atoms with Gasteiger partial charge in [-0.05, 0) is 13.0 Å². The van der Waals surface area contributed by atoms with Crippen LogP contribution in [0.4, 0.5) is 10.7 Å². The molecule has 2 amide bonds. The van der Waals surface area contributed by atoms with Crippen LogP contribution in [0.2, 0.25) is 0 Å². The van der Waals surface area contributed by atoms with Gasteiger partial charge in [-0.1, -0.05) is 6.08 Å². The van der Waals surface area contributed by atoms with Gasteiger partial charge in [0.15, 0.2) is 0 Å². The average Bonchev–Trinajstić information content (AvgIpc) is 2.56. The van der Waals surface area contributed by atoms with Crippen molar-refractivity contribution in [2.24, 2.45) is 0 Å². The first-order valence-corrected chi connectivity index (χ1v) is 3.96. The standard InChI is InChI=1S/C9H12N2O2/c1-3-7(2)10-9(12)11-8-5-4-6-13-8/h3-7H,1H2,2H3,(H2,10,11,12). The first-order valence-electron chi connectivity index (χ1n) is 3.96. The molecule has 0 saturated heterocycles. The van der Waals surface area contributed by atoms with Gasteiger partial charge in [-0.2, -0.15) is 0 Å². The number of hydrogen-bond donors (Lipinski definition) is 2. The third-order valence-corrected chi connectivity index (χ3v) is 1.47. The van der Waals surface area contributed by atoms with Crippen molar-refractivity contribution in [1.82, 2.24) is 5.32 Å². The Bertz CT molecular complexity index is 280. The largest absolute Gasteiger partial charge is 0.449 e. The number of anilines is 1. The van der Waals surface area contributed by atoms with E-state index in [1.807, 2.05) is 6.92 Å². The Morgan fingerprint density at radius 3 is 3.08 bits per heavy atom. The molecule has 0 bridgehead atoms. The average molecular weight is 180 g/mol. The van der Waals surface area contributed by atoms with Gasteiger partial charge in [-0.25, -0.2) is 4.79 Å². The lowest BCUT2D eigenvalue weighted by molar-refractivity contribution is 0.250. The zero-order chi connectivity index (χ0) is 9.68. The van der Waals surface area contributed by atoms with Gasteiger partial charge >= 0.3 is 6.03 Å². The van der Waals surface area contributed by atoms with Gasteiger partial charge in [0.1, 0.15) is 0 Å². The molecule has 2 N–H and O–H groups in total. The van der Waals surface area contributed by atoms with Crippen LogP contribution in [0.3, 0.4) is 0 Å². The van der Waals surface area contributed by atoms with Gasteiger partial charge in [-0.3, -0.25) is 5.32 Å². The quantitative estimate of drug-likeness (QED) is 0.699. The van der Waals surface area contributed by atoms with Gasteiger partial charge in [0, 0.05) is 12.1 Å². The van der Waals surface area contributed by atoms with E-state index in [4.69, 9.17) is 4.42 Å². The predicted octanol–water partition coefficient (Wildman–Crippen LogP) is 1.98. The van der Waals surface area contributed by atoms with Crippen molar-refractivity contribution in [3.05, 3.63) is 31.1 Å². The smallest absolute Gasteiger partial charge is 0.322 e. The summed E-state index contributed by atoms with van der Waals surface area (Å²) in [6.07, 6.45) is 3.13. The van der Waals surface area contributed by atoms with Crippen molar-refractivity contribution in [2.45, 2.75) is 13.0 Å². The third kappa shape index (κ3) is 3.02. The van der Waals surface area contributed by atoms with E-state index < -0.39 is 0 Å². The van der Waals surface area contributed by atoms with E-state index in [9.17, 15) is 4.79 Å². The summed E-state index contributed by atoms with van der Waals surface area (Å²) in [5, 5.41) is 5.16. The first-order chi connectivity index (χ1) is 6.22. The Morgan fingerprint density at radius 2 is 2.54 bits per heavy atom. The van der Waals surface area contributed by atoms with E-state index in [-0.39, 0.29) is 12.1 Å². The maximum atomic E-state index is 11.1. The molecule has 4 nitrogen and oxygen atoms in total. The molecule has 0 spiro atoms. The van der Waals surface area contributed by atoms with Crippen LogP contribution >= 0.6 is 0 Å². The monoisotopic (exact) mass is 180 g/mol. The summed E-state index contributed by atoms with van der Waals surface area (Å²) in [4.78, 5) is 11.1. The fourth-order valence-corrected chi connectivity index (χ4v) is 0.763. The minimum Gasteiger partial charge on any atom is -0.449 e. The summed E-state index contributed by atoms with van der Waals surface area (Å²) in [5.41, 5.74) is 0. The molecular weight excluding hydrogens is 168 g/mol. The number of rotatable bonds is 3. The Kier molecular flexibility index (Phi) is 3.14. The van der Waals surface area contributed by atoms with Crippen LogP contribution in [0, 0.1) is 0 Å². The third-order valence-electron chi connectivity index (χ3n) is 1.47. The van der Waals surface area contributed by atoms with Gasteiger partial charge in [0.25, 0.3) is 0 Å². The molecule has 1 atom stereocenters. The fraction of sp³-hybridized carbons (Fsp3) is 0.222. The van der Waals surface area contributed by atoms with Crippen LogP contribution in [0.25, 0.3) is 0 Å². The van der Waals surface area contributed by atoms with Crippen LogP contribution in [-0.2, 0) is 0 Å². The molecule has 13 heavy (non-hydrogen) atoms. The second-order valence-electron chi connectivity index (χ2n) is 2.60. The molecule has 1 heterocycles. The number of carbonyl (C=O) groups excluding carboxylic acids is 1. The molecule has 0 aliphatic carbocycles. The van der Waals surface area contributed by atoms with Crippen LogP contribution in [0.15, 0.2) is 35.5 Å². The molecule has 1 unspecified atom stereocenters. The zero-order valence-corrected chi connectivity index (χ0v) is 7.41. The molecule has 1 rings (SSSR count). The summed E-state index contributed by atoms with van der Waals surface area (Å²) in [7, 11) is 0. The van der Waals surface area contributed by atoms with Crippen molar-refractivity contribution in [1.29, 1.82) is 0 Å². The highest BCUT2D eigenvalue weighted by molar-refractivity contribution is 5.88. The Balaban J connectivity index is 2.38. The fourth-order valence-electron chi connectivity index (χ4n) is 0.763. The van der Waals surface area contributed by atoms with Crippen LogP contribution < -0.4 is 10.6 Å². The van der Waals surface area contributed by atoms with Crippen molar-refractivity contribution >= 4 is 11.9 Å². The number of carbonyl (C=O) groups is 1. The molecule has 0 aliphatic rings. The SMILES string of the molecule is C=CC(C)NC(=O)Nc1ccco1. The molecule has 70 valence electrons. The molecular formula is C9H12N2O2. The van der Waals surface area contributed by atoms with E-state index in [1.165, 1.54) is 6.26 Å². The summed E-state index contributed by atoms with van der Waals surface area (Å²) >= 11 is 0. The lowest BCUT2D eigenvalue weighted by Crippen LogP contribution is -2.34. The summed E-state index contributed by atoms with van der Waals surface area (Å²) in [6, 6.07) is 3.00. The number of hydrogen-bond acceptors (Lipinski definition) is 2. The molecule has 0 aromatic carbocycles.